The van der Waals surface area contributed by atoms with Crippen LogP contribution in [0.2, 0.25) is 10.0 Å². The minimum atomic E-state index is -0.0251. The van der Waals surface area contributed by atoms with E-state index in [0.717, 1.165) is 26.2 Å². The highest BCUT2D eigenvalue weighted by atomic mass is 35.5. The number of piperazine rings is 1. The van der Waals surface area contributed by atoms with Crippen LogP contribution in [-0.2, 0) is 4.79 Å². The van der Waals surface area contributed by atoms with Gasteiger partial charge in [-0.15, -0.1) is 0 Å². The number of nitrogens with one attached hydrogen (secondary N) is 1. The van der Waals surface area contributed by atoms with Gasteiger partial charge in [0, 0.05) is 31.9 Å². The van der Waals surface area contributed by atoms with Gasteiger partial charge < -0.3 is 10.2 Å². The van der Waals surface area contributed by atoms with Gasteiger partial charge in [-0.05, 0) is 25.2 Å². The van der Waals surface area contributed by atoms with E-state index in [2.05, 4.69) is 22.2 Å². The van der Waals surface area contributed by atoms with Gasteiger partial charge in [0.1, 0.15) is 0 Å². The van der Waals surface area contributed by atoms with Gasteiger partial charge in [-0.1, -0.05) is 23.2 Å². The van der Waals surface area contributed by atoms with Crippen LogP contribution in [0.1, 0.15) is 0 Å². The Morgan fingerprint density at radius 2 is 1.89 bits per heavy atom. The maximum absolute atomic E-state index is 11.9. The van der Waals surface area contributed by atoms with Crippen molar-refractivity contribution in [1.29, 1.82) is 0 Å². The molecule has 1 fully saturated rings. The number of carbonyl (C=O) groups is 1. The number of hydrogen-bond acceptors (Lipinski definition) is 3. The van der Waals surface area contributed by atoms with Crippen molar-refractivity contribution in [3.63, 3.8) is 0 Å². The van der Waals surface area contributed by atoms with Gasteiger partial charge in [0.15, 0.2) is 0 Å². The second-order valence-electron chi connectivity index (χ2n) is 4.76. The molecule has 1 aromatic rings. The number of likely N-dealkylation sites (N-methyl/N-ethyl adjacent to an activating group) is 1. The molecular formula is C13H17Cl2N3O. The molecule has 1 heterocycles. The molecule has 0 aliphatic carbocycles. The monoisotopic (exact) mass is 301 g/mol. The van der Waals surface area contributed by atoms with Crippen molar-refractivity contribution in [3.05, 3.63) is 28.2 Å². The van der Waals surface area contributed by atoms with Crippen LogP contribution in [0.4, 0.5) is 5.69 Å². The molecule has 1 amide bonds. The molecule has 0 saturated carbocycles. The Labute approximate surface area is 123 Å². The molecule has 2 rings (SSSR count). The lowest BCUT2D eigenvalue weighted by Crippen LogP contribution is -2.47. The summed E-state index contributed by atoms with van der Waals surface area (Å²) in [5.74, 6) is -0.0251. The van der Waals surface area contributed by atoms with Gasteiger partial charge in [0.2, 0.25) is 5.91 Å². The number of halogens is 2. The zero-order valence-corrected chi connectivity index (χ0v) is 12.3. The van der Waals surface area contributed by atoms with Crippen LogP contribution in [0.3, 0.4) is 0 Å². The zero-order chi connectivity index (χ0) is 13.8. The van der Waals surface area contributed by atoms with E-state index >= 15 is 0 Å². The molecule has 1 N–H and O–H groups in total. The van der Waals surface area contributed by atoms with E-state index in [9.17, 15) is 4.79 Å². The fourth-order valence-electron chi connectivity index (χ4n) is 1.98. The van der Waals surface area contributed by atoms with E-state index in [0.29, 0.717) is 22.3 Å². The zero-order valence-electron chi connectivity index (χ0n) is 10.8. The number of benzene rings is 1. The molecule has 1 saturated heterocycles. The predicted molar refractivity (Wildman–Crippen MR) is 79.0 cm³/mol. The van der Waals surface area contributed by atoms with Crippen molar-refractivity contribution in [2.24, 2.45) is 0 Å². The third-order valence-corrected chi connectivity index (χ3v) is 3.91. The average Bonchev–Trinajstić information content (AvgIpc) is 2.37. The molecule has 19 heavy (non-hydrogen) atoms. The Hall–Kier alpha value is -0.810. The third kappa shape index (κ3) is 4.35. The van der Waals surface area contributed by atoms with Gasteiger partial charge in [-0.25, -0.2) is 0 Å². The van der Waals surface area contributed by atoms with Crippen molar-refractivity contribution < 1.29 is 4.79 Å². The Bertz CT molecular complexity index is 459. The van der Waals surface area contributed by atoms with Crippen LogP contribution < -0.4 is 5.32 Å². The molecule has 104 valence electrons. The first kappa shape index (κ1) is 14.6. The van der Waals surface area contributed by atoms with Crippen LogP contribution in [0.5, 0.6) is 0 Å². The molecule has 1 aliphatic heterocycles. The Morgan fingerprint density at radius 3 is 2.53 bits per heavy atom. The van der Waals surface area contributed by atoms with Crippen LogP contribution in [0.25, 0.3) is 0 Å². The fraction of sp³-hybridized carbons (Fsp3) is 0.462. The average molecular weight is 302 g/mol. The quantitative estimate of drug-likeness (QED) is 0.929. The van der Waals surface area contributed by atoms with Crippen LogP contribution in [0, 0.1) is 0 Å². The number of amides is 1. The molecule has 0 atom stereocenters. The maximum atomic E-state index is 11.9. The minimum absolute atomic E-state index is 0.0251. The molecule has 0 aromatic heterocycles. The highest BCUT2D eigenvalue weighted by Crippen LogP contribution is 2.24. The number of nitrogens with zero attached hydrogens (tertiary/aromatic N) is 2. The SMILES string of the molecule is CN1CCN(CC(=O)Nc2ccc(Cl)c(Cl)c2)CC1. The molecule has 0 unspecified atom stereocenters. The standard InChI is InChI=1S/C13H17Cl2N3O/c1-17-4-6-18(7-5-17)9-13(19)16-10-2-3-11(14)12(15)8-10/h2-3,8H,4-7,9H2,1H3,(H,16,19). The molecule has 0 radical (unpaired) electrons. The lowest BCUT2D eigenvalue weighted by Gasteiger charge is -2.31. The summed E-state index contributed by atoms with van der Waals surface area (Å²) in [6.45, 7) is 4.25. The highest BCUT2D eigenvalue weighted by molar-refractivity contribution is 6.42. The topological polar surface area (TPSA) is 35.6 Å². The number of carbonyl (C=O) groups excluding carboxylic acids is 1. The Kier molecular flexibility index (Phi) is 5.05. The Morgan fingerprint density at radius 1 is 1.21 bits per heavy atom. The van der Waals surface area contributed by atoms with E-state index in [4.69, 9.17) is 23.2 Å². The second-order valence-corrected chi connectivity index (χ2v) is 5.57. The van der Waals surface area contributed by atoms with E-state index in [-0.39, 0.29) is 5.91 Å². The molecule has 4 nitrogen and oxygen atoms in total. The van der Waals surface area contributed by atoms with E-state index in [1.165, 1.54) is 0 Å². The summed E-state index contributed by atoms with van der Waals surface area (Å²) in [6, 6.07) is 5.08. The smallest absolute Gasteiger partial charge is 0.238 e. The second kappa shape index (κ2) is 6.57. The fourth-order valence-corrected chi connectivity index (χ4v) is 2.28. The highest BCUT2D eigenvalue weighted by Gasteiger charge is 2.16. The van der Waals surface area contributed by atoms with Crippen molar-refractivity contribution >= 4 is 34.8 Å². The van der Waals surface area contributed by atoms with Crippen molar-refractivity contribution in [2.75, 3.05) is 45.1 Å². The summed E-state index contributed by atoms with van der Waals surface area (Å²) in [7, 11) is 2.09. The molecule has 0 bridgehead atoms. The van der Waals surface area contributed by atoms with Crippen molar-refractivity contribution in [2.45, 2.75) is 0 Å². The van der Waals surface area contributed by atoms with Gasteiger partial charge in [0.25, 0.3) is 0 Å². The van der Waals surface area contributed by atoms with E-state index < -0.39 is 0 Å². The van der Waals surface area contributed by atoms with Gasteiger partial charge in [-0.2, -0.15) is 0 Å². The molecule has 6 heteroatoms. The van der Waals surface area contributed by atoms with E-state index in [1.807, 2.05) is 0 Å². The lowest BCUT2D eigenvalue weighted by atomic mass is 10.3. The lowest BCUT2D eigenvalue weighted by molar-refractivity contribution is -0.117. The number of anilines is 1. The largest absolute Gasteiger partial charge is 0.325 e. The maximum Gasteiger partial charge on any atom is 0.238 e. The summed E-state index contributed by atoms with van der Waals surface area (Å²) in [5.41, 5.74) is 0.675. The van der Waals surface area contributed by atoms with Crippen molar-refractivity contribution in [1.82, 2.24) is 9.80 Å². The third-order valence-electron chi connectivity index (χ3n) is 3.17. The first-order valence-electron chi connectivity index (χ1n) is 6.20. The molecular weight excluding hydrogens is 285 g/mol. The summed E-state index contributed by atoms with van der Waals surface area (Å²) >= 11 is 11.7. The van der Waals surface area contributed by atoms with Gasteiger partial charge in [-0.3, -0.25) is 9.69 Å². The van der Waals surface area contributed by atoms with Crippen molar-refractivity contribution in [3.8, 4) is 0 Å². The molecule has 0 spiro atoms. The summed E-state index contributed by atoms with van der Waals surface area (Å²) in [6.07, 6.45) is 0. The molecule has 1 aromatic carbocycles. The number of rotatable bonds is 3. The van der Waals surface area contributed by atoms with Crippen LogP contribution in [0.15, 0.2) is 18.2 Å². The normalized spacial score (nSPS) is 17.4. The first-order valence-corrected chi connectivity index (χ1v) is 6.96. The van der Waals surface area contributed by atoms with E-state index in [1.54, 1.807) is 18.2 Å². The summed E-state index contributed by atoms with van der Waals surface area (Å²) in [4.78, 5) is 16.3. The Balaban J connectivity index is 1.85. The summed E-state index contributed by atoms with van der Waals surface area (Å²) in [5, 5.41) is 3.76. The van der Waals surface area contributed by atoms with Gasteiger partial charge >= 0.3 is 0 Å². The van der Waals surface area contributed by atoms with Crippen LogP contribution >= 0.6 is 23.2 Å². The first-order chi connectivity index (χ1) is 9.04. The predicted octanol–water partition coefficient (Wildman–Crippen LogP) is 2.18. The number of hydrogen-bond donors (Lipinski definition) is 1. The minimum Gasteiger partial charge on any atom is -0.325 e. The van der Waals surface area contributed by atoms with Gasteiger partial charge in [0.05, 0.1) is 16.6 Å². The summed E-state index contributed by atoms with van der Waals surface area (Å²) < 4.78 is 0. The van der Waals surface area contributed by atoms with Crippen LogP contribution in [-0.4, -0.2) is 55.5 Å². The molecule has 1 aliphatic rings.